The number of amides is 1. The number of carbonyl (C=O) groups is 1. The number of pyridine rings is 1. The summed E-state index contributed by atoms with van der Waals surface area (Å²) < 4.78 is 44.1. The Balaban J connectivity index is 1.52. The number of aromatic amines is 1. The van der Waals surface area contributed by atoms with Crippen molar-refractivity contribution in [1.82, 2.24) is 15.0 Å². The largest absolute Gasteiger partial charge is 0.457 e. The van der Waals surface area contributed by atoms with E-state index in [9.17, 15) is 18.0 Å². The van der Waals surface area contributed by atoms with E-state index in [2.05, 4.69) is 20.3 Å². The number of H-pyrrole nitrogens is 1. The van der Waals surface area contributed by atoms with E-state index in [-0.39, 0.29) is 11.5 Å². The van der Waals surface area contributed by atoms with Crippen LogP contribution in [0.3, 0.4) is 0 Å². The molecule has 0 bridgehead atoms. The van der Waals surface area contributed by atoms with Crippen LogP contribution in [-0.2, 0) is 6.18 Å². The fraction of sp³-hybridized carbons (Fsp3) is 0.0500. The summed E-state index contributed by atoms with van der Waals surface area (Å²) in [7, 11) is 0. The van der Waals surface area contributed by atoms with Gasteiger partial charge in [-0.05, 0) is 48.5 Å². The lowest BCUT2D eigenvalue weighted by atomic mass is 10.2. The van der Waals surface area contributed by atoms with Crippen LogP contribution >= 0.6 is 0 Å². The molecule has 4 aromatic rings. The Morgan fingerprint density at radius 3 is 2.55 bits per heavy atom. The number of benzene rings is 2. The molecule has 0 fully saturated rings. The zero-order valence-corrected chi connectivity index (χ0v) is 14.7. The lowest BCUT2D eigenvalue weighted by molar-refractivity contribution is -0.137. The predicted molar refractivity (Wildman–Crippen MR) is 99.8 cm³/mol. The first-order chi connectivity index (χ1) is 13.9. The van der Waals surface area contributed by atoms with Crippen LogP contribution in [0, 0.1) is 0 Å². The number of anilines is 1. The van der Waals surface area contributed by atoms with Crippen LogP contribution in [0.15, 0.2) is 67.0 Å². The van der Waals surface area contributed by atoms with E-state index in [1.54, 1.807) is 48.8 Å². The summed E-state index contributed by atoms with van der Waals surface area (Å²) in [6.07, 6.45) is -1.30. The Morgan fingerprint density at radius 1 is 1.00 bits per heavy atom. The topological polar surface area (TPSA) is 79.9 Å². The number of hydrogen-bond donors (Lipinski definition) is 2. The number of nitrogens with one attached hydrogen (secondary N) is 2. The molecule has 0 unspecified atom stereocenters. The highest BCUT2D eigenvalue weighted by molar-refractivity contribution is 6.04. The minimum absolute atomic E-state index is 0.0461. The Morgan fingerprint density at radius 2 is 1.79 bits per heavy atom. The zero-order valence-electron chi connectivity index (χ0n) is 14.7. The molecule has 0 aliphatic heterocycles. The van der Waals surface area contributed by atoms with Gasteiger partial charge >= 0.3 is 6.18 Å². The van der Waals surface area contributed by atoms with Crippen molar-refractivity contribution >= 4 is 22.9 Å². The van der Waals surface area contributed by atoms with Gasteiger partial charge in [-0.15, -0.1) is 0 Å². The molecule has 2 aromatic carbocycles. The number of aromatic nitrogens is 3. The van der Waals surface area contributed by atoms with Crippen LogP contribution in [0.4, 0.5) is 19.1 Å². The van der Waals surface area contributed by atoms with Crippen molar-refractivity contribution in [3.05, 3.63) is 78.1 Å². The number of rotatable bonds is 4. The van der Waals surface area contributed by atoms with Crippen molar-refractivity contribution in [3.63, 3.8) is 0 Å². The summed E-state index contributed by atoms with van der Waals surface area (Å²) in [5.41, 5.74) is -0.0200. The van der Waals surface area contributed by atoms with Gasteiger partial charge in [0.15, 0.2) is 0 Å². The number of hydrogen-bond acceptors (Lipinski definition) is 4. The highest BCUT2D eigenvalue weighted by atomic mass is 19.4. The molecule has 146 valence electrons. The Bertz CT molecular complexity index is 1170. The molecule has 4 rings (SSSR count). The van der Waals surface area contributed by atoms with E-state index in [1.807, 2.05) is 0 Å². The number of nitrogens with zero attached hydrogens (tertiary/aromatic N) is 2. The molecule has 0 spiro atoms. The lowest BCUT2D eigenvalue weighted by Crippen LogP contribution is -2.12. The maximum atomic E-state index is 12.8. The molecule has 0 radical (unpaired) electrons. The van der Waals surface area contributed by atoms with E-state index in [0.29, 0.717) is 22.6 Å². The number of ether oxygens (including phenoxy) is 1. The van der Waals surface area contributed by atoms with Crippen LogP contribution in [0.1, 0.15) is 15.9 Å². The fourth-order valence-electron chi connectivity index (χ4n) is 2.67. The van der Waals surface area contributed by atoms with Crippen molar-refractivity contribution in [2.24, 2.45) is 0 Å². The lowest BCUT2D eigenvalue weighted by Gasteiger charge is -2.07. The van der Waals surface area contributed by atoms with Crippen LogP contribution in [0.25, 0.3) is 11.0 Å². The van der Waals surface area contributed by atoms with Crippen LogP contribution in [-0.4, -0.2) is 20.9 Å². The molecule has 9 heteroatoms. The van der Waals surface area contributed by atoms with Gasteiger partial charge in [-0.3, -0.25) is 15.1 Å². The fourth-order valence-corrected chi connectivity index (χ4v) is 2.67. The van der Waals surface area contributed by atoms with Gasteiger partial charge in [0.05, 0.1) is 16.6 Å². The van der Waals surface area contributed by atoms with E-state index in [0.717, 1.165) is 12.1 Å². The highest BCUT2D eigenvalue weighted by Crippen LogP contribution is 2.31. The van der Waals surface area contributed by atoms with Crippen LogP contribution in [0.5, 0.6) is 11.5 Å². The molecule has 2 aromatic heterocycles. The molecular formula is C20H13F3N4O2. The van der Waals surface area contributed by atoms with Gasteiger partial charge in [-0.25, -0.2) is 4.98 Å². The zero-order chi connectivity index (χ0) is 20.4. The van der Waals surface area contributed by atoms with Gasteiger partial charge in [0, 0.05) is 18.0 Å². The average Bonchev–Trinajstić information content (AvgIpc) is 3.09. The molecule has 29 heavy (non-hydrogen) atoms. The normalized spacial score (nSPS) is 11.4. The standard InChI is InChI=1S/C20H13F3N4O2/c21-20(22,23)13-4-5-16-17(11-13)26-19(25-16)27-18(28)12-2-1-3-15(10-12)29-14-6-8-24-9-7-14/h1-11H,(H2,25,26,27,28). The third kappa shape index (κ3) is 4.18. The second-order valence-electron chi connectivity index (χ2n) is 6.08. The predicted octanol–water partition coefficient (Wildman–Crippen LogP) is 5.02. The van der Waals surface area contributed by atoms with Gasteiger partial charge in [0.2, 0.25) is 5.95 Å². The summed E-state index contributed by atoms with van der Waals surface area (Å²) in [4.78, 5) is 23.2. The van der Waals surface area contributed by atoms with Crippen molar-refractivity contribution < 1.29 is 22.7 Å². The first-order valence-electron chi connectivity index (χ1n) is 8.45. The highest BCUT2D eigenvalue weighted by Gasteiger charge is 2.30. The smallest absolute Gasteiger partial charge is 0.416 e. The van der Waals surface area contributed by atoms with E-state index in [4.69, 9.17) is 4.74 Å². The van der Waals surface area contributed by atoms with Crippen molar-refractivity contribution in [2.75, 3.05) is 5.32 Å². The van der Waals surface area contributed by atoms with E-state index < -0.39 is 17.6 Å². The van der Waals surface area contributed by atoms with E-state index >= 15 is 0 Å². The molecule has 2 N–H and O–H groups in total. The molecule has 0 aliphatic rings. The summed E-state index contributed by atoms with van der Waals surface area (Å²) >= 11 is 0. The molecule has 2 heterocycles. The van der Waals surface area contributed by atoms with Crippen LogP contribution in [0.2, 0.25) is 0 Å². The minimum Gasteiger partial charge on any atom is -0.457 e. The number of alkyl halides is 3. The number of halogens is 3. The average molecular weight is 398 g/mol. The monoisotopic (exact) mass is 398 g/mol. The summed E-state index contributed by atoms with van der Waals surface area (Å²) in [5, 5.41) is 2.54. The maximum absolute atomic E-state index is 12.8. The van der Waals surface area contributed by atoms with Crippen molar-refractivity contribution in [3.8, 4) is 11.5 Å². The summed E-state index contributed by atoms with van der Waals surface area (Å²) in [5.74, 6) is 0.573. The Kier molecular flexibility index (Phi) is 4.63. The number of imidazole rings is 1. The molecular weight excluding hydrogens is 385 g/mol. The molecule has 0 saturated heterocycles. The molecule has 0 aliphatic carbocycles. The minimum atomic E-state index is -4.46. The first kappa shape index (κ1) is 18.5. The van der Waals surface area contributed by atoms with Crippen LogP contribution < -0.4 is 10.1 Å². The summed E-state index contributed by atoms with van der Waals surface area (Å²) in [6, 6.07) is 13.0. The Hall–Kier alpha value is -3.88. The third-order valence-electron chi connectivity index (χ3n) is 4.02. The second-order valence-corrected chi connectivity index (χ2v) is 6.08. The first-order valence-corrected chi connectivity index (χ1v) is 8.45. The van der Waals surface area contributed by atoms with Gasteiger partial charge in [0.25, 0.3) is 5.91 Å². The third-order valence-corrected chi connectivity index (χ3v) is 4.02. The van der Waals surface area contributed by atoms with Crippen molar-refractivity contribution in [1.29, 1.82) is 0 Å². The van der Waals surface area contributed by atoms with Gasteiger partial charge in [0.1, 0.15) is 11.5 Å². The molecule has 6 nitrogen and oxygen atoms in total. The molecule has 0 saturated carbocycles. The Labute approximate surface area is 162 Å². The number of fused-ring (bicyclic) bond motifs is 1. The van der Waals surface area contributed by atoms with Gasteiger partial charge < -0.3 is 9.72 Å². The molecule has 1 amide bonds. The molecule has 0 atom stereocenters. The number of carbonyl (C=O) groups excluding carboxylic acids is 1. The quantitative estimate of drug-likeness (QED) is 0.506. The SMILES string of the molecule is O=C(Nc1nc2ccc(C(F)(F)F)cc2[nH]1)c1cccc(Oc2ccncc2)c1. The summed E-state index contributed by atoms with van der Waals surface area (Å²) in [6.45, 7) is 0. The van der Waals surface area contributed by atoms with Gasteiger partial charge in [-0.1, -0.05) is 6.07 Å². The van der Waals surface area contributed by atoms with Crippen molar-refractivity contribution in [2.45, 2.75) is 6.18 Å². The second kappa shape index (κ2) is 7.27. The maximum Gasteiger partial charge on any atom is 0.416 e. The van der Waals surface area contributed by atoms with Gasteiger partial charge in [-0.2, -0.15) is 13.2 Å². The van der Waals surface area contributed by atoms with E-state index in [1.165, 1.54) is 6.07 Å².